The first-order valence-electron chi connectivity index (χ1n) is 7.14. The molecule has 0 aliphatic heterocycles. The van der Waals surface area contributed by atoms with E-state index < -0.39 is 0 Å². The van der Waals surface area contributed by atoms with Gasteiger partial charge in [-0.05, 0) is 35.9 Å². The number of carbonyl (C=O) groups excluding carboxylic acids is 1. The molecule has 0 spiro atoms. The Labute approximate surface area is 133 Å². The normalized spacial score (nSPS) is 11.0. The van der Waals surface area contributed by atoms with Crippen LogP contribution in [0, 0.1) is 5.82 Å². The standard InChI is InChI=1S/C19H14FNO2/c1-13(22)23-18-7-3-5-15-9-11-17(21-19(15)18)10-8-14-4-2-6-16(20)12-14/h2-12H,1H3/b10-8-. The summed E-state index contributed by atoms with van der Waals surface area (Å²) in [6, 6.07) is 15.5. The lowest BCUT2D eigenvalue weighted by Crippen LogP contribution is -2.02. The SMILES string of the molecule is CC(=O)Oc1cccc2ccc(/C=C\c3cccc(F)c3)nc12. The maximum Gasteiger partial charge on any atom is 0.308 e. The average molecular weight is 307 g/mol. The molecule has 1 aromatic heterocycles. The van der Waals surface area contributed by atoms with Gasteiger partial charge in [-0.2, -0.15) is 0 Å². The minimum atomic E-state index is -0.389. The second-order valence-electron chi connectivity index (χ2n) is 5.05. The summed E-state index contributed by atoms with van der Waals surface area (Å²) in [5, 5.41) is 0.881. The molecule has 0 amide bonds. The molecule has 3 aromatic rings. The number of nitrogens with zero attached hydrogens (tertiary/aromatic N) is 1. The van der Waals surface area contributed by atoms with Crippen molar-refractivity contribution in [1.82, 2.24) is 4.98 Å². The van der Waals surface area contributed by atoms with Crippen LogP contribution in [0.1, 0.15) is 18.2 Å². The number of fused-ring (bicyclic) bond motifs is 1. The number of rotatable bonds is 3. The third kappa shape index (κ3) is 3.61. The molecule has 0 saturated heterocycles. The zero-order valence-corrected chi connectivity index (χ0v) is 12.5. The van der Waals surface area contributed by atoms with Gasteiger partial charge >= 0.3 is 5.97 Å². The minimum absolute atomic E-state index is 0.282. The van der Waals surface area contributed by atoms with Crippen LogP contribution >= 0.6 is 0 Å². The molecule has 3 rings (SSSR count). The van der Waals surface area contributed by atoms with Gasteiger partial charge in [0.15, 0.2) is 5.75 Å². The summed E-state index contributed by atoms with van der Waals surface area (Å²) < 4.78 is 18.4. The van der Waals surface area contributed by atoms with Crippen molar-refractivity contribution >= 4 is 29.0 Å². The van der Waals surface area contributed by atoms with E-state index in [1.54, 1.807) is 24.3 Å². The Bertz CT molecular complexity index is 903. The van der Waals surface area contributed by atoms with Gasteiger partial charge in [0.1, 0.15) is 11.3 Å². The van der Waals surface area contributed by atoms with E-state index in [1.165, 1.54) is 19.1 Å². The largest absolute Gasteiger partial charge is 0.424 e. The van der Waals surface area contributed by atoms with E-state index in [0.717, 1.165) is 10.9 Å². The lowest BCUT2D eigenvalue weighted by atomic mass is 10.1. The first-order chi connectivity index (χ1) is 11.1. The molecule has 1 heterocycles. The molecule has 114 valence electrons. The van der Waals surface area contributed by atoms with Gasteiger partial charge < -0.3 is 4.74 Å². The molecule has 23 heavy (non-hydrogen) atoms. The molecule has 0 fully saturated rings. The molecular formula is C19H14FNO2. The molecule has 0 atom stereocenters. The molecule has 0 unspecified atom stereocenters. The fourth-order valence-electron chi connectivity index (χ4n) is 2.26. The summed E-state index contributed by atoms with van der Waals surface area (Å²) in [6.07, 6.45) is 3.57. The average Bonchev–Trinajstić information content (AvgIpc) is 2.53. The zero-order valence-electron chi connectivity index (χ0n) is 12.5. The van der Waals surface area contributed by atoms with Gasteiger partial charge in [-0.15, -0.1) is 0 Å². The lowest BCUT2D eigenvalue weighted by molar-refractivity contribution is -0.131. The second-order valence-corrected chi connectivity index (χ2v) is 5.05. The highest BCUT2D eigenvalue weighted by atomic mass is 19.1. The molecule has 0 aliphatic carbocycles. The monoisotopic (exact) mass is 307 g/mol. The maximum absolute atomic E-state index is 13.2. The highest BCUT2D eigenvalue weighted by Gasteiger charge is 2.06. The first kappa shape index (κ1) is 14.9. The molecule has 0 bridgehead atoms. The number of benzene rings is 2. The van der Waals surface area contributed by atoms with E-state index >= 15 is 0 Å². The summed E-state index contributed by atoms with van der Waals surface area (Å²) in [5.74, 6) is -0.244. The summed E-state index contributed by atoms with van der Waals surface area (Å²) in [6.45, 7) is 1.35. The molecule has 0 radical (unpaired) electrons. The van der Waals surface area contributed by atoms with E-state index in [2.05, 4.69) is 4.98 Å². The Balaban J connectivity index is 1.97. The molecule has 0 saturated carbocycles. The number of ether oxygens (including phenoxy) is 1. The molecule has 4 heteroatoms. The number of hydrogen-bond donors (Lipinski definition) is 0. The van der Waals surface area contributed by atoms with Crippen molar-refractivity contribution in [1.29, 1.82) is 0 Å². The van der Waals surface area contributed by atoms with Crippen LogP contribution in [0.5, 0.6) is 5.75 Å². The Morgan fingerprint density at radius 2 is 1.91 bits per heavy atom. The van der Waals surface area contributed by atoms with Gasteiger partial charge in [0.05, 0.1) is 5.69 Å². The number of aromatic nitrogens is 1. The van der Waals surface area contributed by atoms with Crippen molar-refractivity contribution in [2.24, 2.45) is 0 Å². The van der Waals surface area contributed by atoms with Crippen molar-refractivity contribution in [2.45, 2.75) is 6.92 Å². The number of halogens is 1. The molecule has 3 nitrogen and oxygen atoms in total. The van der Waals surface area contributed by atoms with Crippen LogP contribution in [-0.4, -0.2) is 11.0 Å². The van der Waals surface area contributed by atoms with Crippen molar-refractivity contribution in [2.75, 3.05) is 0 Å². The van der Waals surface area contributed by atoms with Gasteiger partial charge in [-0.1, -0.05) is 36.4 Å². The molecule has 2 aromatic carbocycles. The van der Waals surface area contributed by atoms with Crippen LogP contribution in [0.4, 0.5) is 4.39 Å². The van der Waals surface area contributed by atoms with Crippen LogP contribution < -0.4 is 4.74 Å². The molecular weight excluding hydrogens is 293 g/mol. The van der Waals surface area contributed by atoms with Crippen molar-refractivity contribution < 1.29 is 13.9 Å². The number of carbonyl (C=O) groups is 1. The minimum Gasteiger partial charge on any atom is -0.424 e. The van der Waals surface area contributed by atoms with Gasteiger partial charge in [-0.25, -0.2) is 9.37 Å². The summed E-state index contributed by atoms with van der Waals surface area (Å²) in [4.78, 5) is 15.7. The van der Waals surface area contributed by atoms with Crippen LogP contribution in [0.3, 0.4) is 0 Å². The third-order valence-electron chi connectivity index (χ3n) is 3.25. The van der Waals surface area contributed by atoms with Crippen LogP contribution in [0.15, 0.2) is 54.6 Å². The van der Waals surface area contributed by atoms with E-state index in [-0.39, 0.29) is 11.8 Å². The summed E-state index contributed by atoms with van der Waals surface area (Å²) in [5.41, 5.74) is 2.06. The smallest absolute Gasteiger partial charge is 0.308 e. The van der Waals surface area contributed by atoms with Crippen molar-refractivity contribution in [3.8, 4) is 5.75 Å². The topological polar surface area (TPSA) is 39.2 Å². The van der Waals surface area contributed by atoms with E-state index in [4.69, 9.17) is 4.74 Å². The first-order valence-corrected chi connectivity index (χ1v) is 7.14. The van der Waals surface area contributed by atoms with Crippen molar-refractivity contribution in [3.63, 3.8) is 0 Å². The molecule has 0 N–H and O–H groups in total. The quantitative estimate of drug-likeness (QED) is 0.529. The van der Waals surface area contributed by atoms with Gasteiger partial charge in [0.2, 0.25) is 0 Å². The van der Waals surface area contributed by atoms with Crippen LogP contribution in [-0.2, 0) is 4.79 Å². The number of esters is 1. The Morgan fingerprint density at radius 1 is 1.09 bits per heavy atom. The predicted molar refractivity (Wildman–Crippen MR) is 88.4 cm³/mol. The highest BCUT2D eigenvalue weighted by molar-refractivity contribution is 5.88. The van der Waals surface area contributed by atoms with E-state index in [9.17, 15) is 9.18 Å². The fourth-order valence-corrected chi connectivity index (χ4v) is 2.26. The number of para-hydroxylation sites is 1. The van der Waals surface area contributed by atoms with Gasteiger partial charge in [0, 0.05) is 12.3 Å². The van der Waals surface area contributed by atoms with E-state index in [1.807, 2.05) is 30.3 Å². The lowest BCUT2D eigenvalue weighted by Gasteiger charge is -2.06. The van der Waals surface area contributed by atoms with Crippen LogP contribution in [0.2, 0.25) is 0 Å². The van der Waals surface area contributed by atoms with E-state index in [0.29, 0.717) is 17.0 Å². The molecule has 0 aliphatic rings. The van der Waals surface area contributed by atoms with Crippen molar-refractivity contribution in [3.05, 3.63) is 71.7 Å². The van der Waals surface area contributed by atoms with Gasteiger partial charge in [0.25, 0.3) is 0 Å². The second kappa shape index (κ2) is 6.40. The Morgan fingerprint density at radius 3 is 2.70 bits per heavy atom. The summed E-state index contributed by atoms with van der Waals surface area (Å²) in [7, 11) is 0. The third-order valence-corrected chi connectivity index (χ3v) is 3.25. The number of pyridine rings is 1. The fraction of sp³-hybridized carbons (Fsp3) is 0.0526. The summed E-state index contributed by atoms with van der Waals surface area (Å²) >= 11 is 0. The Kier molecular flexibility index (Phi) is 4.15. The predicted octanol–water partition coefficient (Wildman–Crippen LogP) is 4.47. The van der Waals surface area contributed by atoms with Gasteiger partial charge in [-0.3, -0.25) is 4.79 Å². The maximum atomic E-state index is 13.2. The highest BCUT2D eigenvalue weighted by Crippen LogP contribution is 2.24. The van der Waals surface area contributed by atoms with Crippen LogP contribution in [0.25, 0.3) is 23.1 Å². The Hall–Kier alpha value is -3.01. The zero-order chi connectivity index (χ0) is 16.2. The number of hydrogen-bond acceptors (Lipinski definition) is 3.